The Kier molecular flexibility index (Phi) is 2.59. The number of rotatable bonds is 1. The third kappa shape index (κ3) is 1.55. The zero-order chi connectivity index (χ0) is 11.9. The molecule has 1 aliphatic heterocycles. The molecule has 4 nitrogen and oxygen atoms in total. The summed E-state index contributed by atoms with van der Waals surface area (Å²) in [5.41, 5.74) is 10.5. The highest BCUT2D eigenvalue weighted by atomic mass is 79.9. The maximum absolute atomic E-state index is 13.9. The first-order valence-electron chi connectivity index (χ1n) is 4.43. The van der Waals surface area contributed by atoms with Gasteiger partial charge in [-0.25, -0.2) is 4.39 Å². The van der Waals surface area contributed by atoms with E-state index < -0.39 is 11.7 Å². The van der Waals surface area contributed by atoms with Crippen LogP contribution in [0.15, 0.2) is 12.1 Å². The monoisotopic (exact) mass is 286 g/mol. The van der Waals surface area contributed by atoms with Gasteiger partial charge in [0, 0.05) is 4.48 Å². The van der Waals surface area contributed by atoms with Crippen molar-refractivity contribution < 1.29 is 13.9 Å². The summed E-state index contributed by atoms with van der Waals surface area (Å²) in [6, 6.07) is 1.35. The number of halogens is 2. The molecule has 2 rings (SSSR count). The van der Waals surface area contributed by atoms with E-state index in [1.165, 1.54) is 6.07 Å². The zero-order valence-corrected chi connectivity index (χ0v) is 9.67. The number of nitrogens with two attached hydrogens (primary N) is 2. The lowest BCUT2D eigenvalue weighted by atomic mass is 10.0. The predicted molar refractivity (Wildman–Crippen MR) is 61.7 cm³/mol. The third-order valence-electron chi connectivity index (χ3n) is 2.27. The van der Waals surface area contributed by atoms with Crippen molar-refractivity contribution in [3.63, 3.8) is 0 Å². The van der Waals surface area contributed by atoms with Crippen molar-refractivity contribution in [2.24, 2.45) is 5.73 Å². The maximum atomic E-state index is 13.9. The second-order valence-corrected chi connectivity index (χ2v) is 4.11. The number of amides is 1. The minimum absolute atomic E-state index is 0.0709. The van der Waals surface area contributed by atoms with Crippen LogP contribution < -0.4 is 16.2 Å². The van der Waals surface area contributed by atoms with Crippen LogP contribution >= 0.6 is 15.9 Å². The Bertz CT molecular complexity index is 514. The van der Waals surface area contributed by atoms with E-state index in [9.17, 15) is 9.18 Å². The molecule has 1 aromatic rings. The molecule has 0 bridgehead atoms. The minimum atomic E-state index is -0.784. The Labute approximate surface area is 99.2 Å². The van der Waals surface area contributed by atoms with Gasteiger partial charge in [-0.2, -0.15) is 0 Å². The van der Waals surface area contributed by atoms with Crippen LogP contribution in [0.4, 0.5) is 10.1 Å². The summed E-state index contributed by atoms with van der Waals surface area (Å²) in [7, 11) is 0. The van der Waals surface area contributed by atoms with Gasteiger partial charge in [0.15, 0.2) is 5.82 Å². The average molecular weight is 287 g/mol. The van der Waals surface area contributed by atoms with Gasteiger partial charge in [-0.15, -0.1) is 0 Å². The van der Waals surface area contributed by atoms with Gasteiger partial charge in [0.1, 0.15) is 12.4 Å². The summed E-state index contributed by atoms with van der Waals surface area (Å²) in [4.78, 5) is 11.0. The molecule has 1 heterocycles. The van der Waals surface area contributed by atoms with Crippen molar-refractivity contribution in [2.75, 3.05) is 12.3 Å². The van der Waals surface area contributed by atoms with Gasteiger partial charge in [0.2, 0.25) is 0 Å². The summed E-state index contributed by atoms with van der Waals surface area (Å²) >= 11 is 3.20. The predicted octanol–water partition coefficient (Wildman–Crippen LogP) is 1.64. The van der Waals surface area contributed by atoms with E-state index in [0.29, 0.717) is 11.1 Å². The Morgan fingerprint density at radius 2 is 2.25 bits per heavy atom. The summed E-state index contributed by atoms with van der Waals surface area (Å²) in [6.45, 7) is 0.301. The lowest BCUT2D eigenvalue weighted by Gasteiger charge is -2.18. The van der Waals surface area contributed by atoms with E-state index in [4.69, 9.17) is 16.2 Å². The van der Waals surface area contributed by atoms with Crippen LogP contribution in [-0.2, 0) is 0 Å². The number of primary amides is 1. The van der Waals surface area contributed by atoms with Gasteiger partial charge in [-0.3, -0.25) is 4.79 Å². The highest BCUT2D eigenvalue weighted by molar-refractivity contribution is 9.15. The van der Waals surface area contributed by atoms with E-state index in [2.05, 4.69) is 15.9 Å². The first-order valence-corrected chi connectivity index (χ1v) is 5.22. The number of hydrogen-bond acceptors (Lipinski definition) is 3. The molecule has 4 N–H and O–H groups in total. The highest BCUT2D eigenvalue weighted by Gasteiger charge is 2.23. The average Bonchev–Trinajstić information content (AvgIpc) is 2.22. The number of carbonyl (C=O) groups excluding carboxylic acids is 1. The second kappa shape index (κ2) is 3.79. The van der Waals surface area contributed by atoms with Crippen molar-refractivity contribution in [1.29, 1.82) is 0 Å². The molecule has 0 saturated heterocycles. The smallest absolute Gasteiger partial charge is 0.251 e. The molecule has 0 saturated carbocycles. The fourth-order valence-electron chi connectivity index (χ4n) is 1.49. The van der Waals surface area contributed by atoms with Crippen LogP contribution in [0.1, 0.15) is 15.9 Å². The minimum Gasteiger partial charge on any atom is -0.489 e. The number of benzene rings is 1. The molecule has 0 atom stereocenters. The van der Waals surface area contributed by atoms with E-state index in [0.717, 1.165) is 0 Å². The number of ether oxygens (including phenoxy) is 1. The van der Waals surface area contributed by atoms with Crippen LogP contribution in [0.5, 0.6) is 5.75 Å². The molecule has 0 fully saturated rings. The van der Waals surface area contributed by atoms with Crippen molar-refractivity contribution >= 4 is 32.0 Å². The number of nitrogen functional groups attached to an aromatic ring is 1. The van der Waals surface area contributed by atoms with Crippen LogP contribution in [0.2, 0.25) is 0 Å². The quantitative estimate of drug-likeness (QED) is 0.771. The van der Waals surface area contributed by atoms with Crippen LogP contribution in [0, 0.1) is 5.82 Å². The fraction of sp³-hybridized carbons (Fsp3) is 0.100. The summed E-state index contributed by atoms with van der Waals surface area (Å²) < 4.78 is 19.6. The highest BCUT2D eigenvalue weighted by Crippen LogP contribution is 2.39. The summed E-state index contributed by atoms with van der Waals surface area (Å²) in [6.07, 6.45) is 1.66. The number of carbonyl (C=O) groups is 1. The molecular weight excluding hydrogens is 279 g/mol. The molecule has 0 spiro atoms. The largest absolute Gasteiger partial charge is 0.489 e. The maximum Gasteiger partial charge on any atom is 0.251 e. The Morgan fingerprint density at radius 1 is 1.56 bits per heavy atom. The topological polar surface area (TPSA) is 78.3 Å². The zero-order valence-electron chi connectivity index (χ0n) is 8.09. The number of hydrogen-bond donors (Lipinski definition) is 2. The molecule has 16 heavy (non-hydrogen) atoms. The lowest BCUT2D eigenvalue weighted by Crippen LogP contribution is -2.17. The Hall–Kier alpha value is -1.56. The molecule has 6 heteroatoms. The second-order valence-electron chi connectivity index (χ2n) is 3.25. The molecule has 0 aromatic heterocycles. The van der Waals surface area contributed by atoms with Gasteiger partial charge in [-0.1, -0.05) is 15.9 Å². The number of anilines is 1. The SMILES string of the molecule is NC(=O)c1cc2c(c(F)c1N)C(Br)=CCO2. The van der Waals surface area contributed by atoms with Crippen molar-refractivity contribution in [1.82, 2.24) is 0 Å². The van der Waals surface area contributed by atoms with Gasteiger partial charge >= 0.3 is 0 Å². The lowest BCUT2D eigenvalue weighted by molar-refractivity contribution is 0.100. The molecule has 84 valence electrons. The first-order chi connectivity index (χ1) is 7.52. The van der Waals surface area contributed by atoms with E-state index >= 15 is 0 Å². The van der Waals surface area contributed by atoms with Crippen LogP contribution in [0.3, 0.4) is 0 Å². The Morgan fingerprint density at radius 3 is 2.88 bits per heavy atom. The molecular formula is C10H8BrFN2O2. The van der Waals surface area contributed by atoms with Gasteiger partial charge in [0.25, 0.3) is 5.91 Å². The van der Waals surface area contributed by atoms with Gasteiger partial charge < -0.3 is 16.2 Å². The summed E-state index contributed by atoms with van der Waals surface area (Å²) in [5.74, 6) is -1.22. The van der Waals surface area contributed by atoms with Gasteiger partial charge in [0.05, 0.1) is 16.8 Å². The molecule has 0 aliphatic carbocycles. The third-order valence-corrected chi connectivity index (χ3v) is 2.99. The number of fused-ring (bicyclic) bond motifs is 1. The van der Waals surface area contributed by atoms with Gasteiger partial charge in [-0.05, 0) is 12.1 Å². The molecule has 0 unspecified atom stereocenters. The molecule has 1 amide bonds. The first kappa shape index (κ1) is 10.9. The Balaban J connectivity index is 2.73. The summed E-state index contributed by atoms with van der Waals surface area (Å²) in [5, 5.41) is 0. The van der Waals surface area contributed by atoms with E-state index in [1.54, 1.807) is 6.08 Å². The van der Waals surface area contributed by atoms with Crippen molar-refractivity contribution in [3.8, 4) is 5.75 Å². The fourth-order valence-corrected chi connectivity index (χ4v) is 1.99. The molecule has 0 radical (unpaired) electrons. The van der Waals surface area contributed by atoms with Crippen molar-refractivity contribution in [2.45, 2.75) is 0 Å². The van der Waals surface area contributed by atoms with Crippen LogP contribution in [-0.4, -0.2) is 12.5 Å². The normalized spacial score (nSPS) is 13.8. The molecule has 1 aromatic carbocycles. The van der Waals surface area contributed by atoms with E-state index in [1.807, 2.05) is 0 Å². The van der Waals surface area contributed by atoms with Crippen molar-refractivity contribution in [3.05, 3.63) is 29.1 Å². The molecule has 1 aliphatic rings. The van der Waals surface area contributed by atoms with E-state index in [-0.39, 0.29) is 22.6 Å². The van der Waals surface area contributed by atoms with Crippen LogP contribution in [0.25, 0.3) is 4.48 Å². The standard InChI is InChI=1S/C10H8BrFN2O2/c11-5-1-2-16-6-3-4(10(14)15)9(13)8(12)7(5)6/h1,3H,2,13H2,(H2,14,15).